The molecule has 0 saturated carbocycles. The molecule has 7 nitrogen and oxygen atoms in total. The van der Waals surface area contributed by atoms with Crippen LogP contribution < -0.4 is 15.8 Å². The van der Waals surface area contributed by atoms with Crippen LogP contribution in [0.5, 0.6) is 5.75 Å². The van der Waals surface area contributed by atoms with Crippen molar-refractivity contribution in [1.29, 1.82) is 0 Å². The molecule has 3 rings (SSSR count). The number of rotatable bonds is 3. The molecule has 0 fully saturated rings. The first-order valence-electron chi connectivity index (χ1n) is 5.74. The Labute approximate surface area is 119 Å². The van der Waals surface area contributed by atoms with E-state index in [0.29, 0.717) is 33.4 Å². The van der Waals surface area contributed by atoms with Gasteiger partial charge in [-0.1, -0.05) is 11.6 Å². The number of methoxy groups -OCH3 is 1. The van der Waals surface area contributed by atoms with Crippen molar-refractivity contribution in [3.05, 3.63) is 29.5 Å². The summed E-state index contributed by atoms with van der Waals surface area (Å²) < 4.78 is 5.27. The lowest BCUT2D eigenvalue weighted by molar-refractivity contribution is 0.417. The highest BCUT2D eigenvalue weighted by Crippen LogP contribution is 2.31. The third kappa shape index (κ3) is 2.19. The van der Waals surface area contributed by atoms with E-state index < -0.39 is 0 Å². The summed E-state index contributed by atoms with van der Waals surface area (Å²) in [7, 11) is 1.58. The number of ether oxygens (including phenoxy) is 1. The van der Waals surface area contributed by atoms with Crippen LogP contribution in [0.3, 0.4) is 0 Å². The lowest BCUT2D eigenvalue weighted by Crippen LogP contribution is -2.02. The van der Waals surface area contributed by atoms with Gasteiger partial charge in [0.1, 0.15) is 11.3 Å². The van der Waals surface area contributed by atoms with Crippen molar-refractivity contribution < 1.29 is 4.74 Å². The Hall–Kier alpha value is -2.54. The van der Waals surface area contributed by atoms with Gasteiger partial charge in [0.15, 0.2) is 11.5 Å². The second-order valence-corrected chi connectivity index (χ2v) is 4.44. The summed E-state index contributed by atoms with van der Waals surface area (Å²) in [5, 5.41) is 3.70. The van der Waals surface area contributed by atoms with Crippen LogP contribution in [0.15, 0.2) is 24.5 Å². The lowest BCUT2D eigenvalue weighted by atomic mass is 10.3. The van der Waals surface area contributed by atoms with E-state index in [1.165, 1.54) is 6.33 Å². The fourth-order valence-electron chi connectivity index (χ4n) is 1.85. The average molecular weight is 291 g/mol. The first-order chi connectivity index (χ1) is 9.67. The summed E-state index contributed by atoms with van der Waals surface area (Å²) in [6, 6.07) is 5.24. The highest BCUT2D eigenvalue weighted by Gasteiger charge is 2.11. The summed E-state index contributed by atoms with van der Waals surface area (Å²) in [5.41, 5.74) is 7.48. The van der Waals surface area contributed by atoms with Crippen LogP contribution in [0.25, 0.3) is 11.2 Å². The van der Waals surface area contributed by atoms with Crippen LogP contribution in [0.1, 0.15) is 0 Å². The van der Waals surface area contributed by atoms with Gasteiger partial charge >= 0.3 is 0 Å². The maximum absolute atomic E-state index is 6.00. The first kappa shape index (κ1) is 12.5. The van der Waals surface area contributed by atoms with Crippen molar-refractivity contribution >= 4 is 40.2 Å². The van der Waals surface area contributed by atoms with Gasteiger partial charge in [0.2, 0.25) is 5.95 Å². The number of aromatic nitrogens is 4. The Morgan fingerprint density at radius 2 is 2.20 bits per heavy atom. The number of nitrogens with zero attached hydrogens (tertiary/aromatic N) is 3. The van der Waals surface area contributed by atoms with Crippen LogP contribution in [0.4, 0.5) is 17.5 Å². The Morgan fingerprint density at radius 1 is 1.35 bits per heavy atom. The van der Waals surface area contributed by atoms with Gasteiger partial charge in [0.05, 0.1) is 19.1 Å². The molecule has 2 heterocycles. The molecule has 0 bridgehead atoms. The van der Waals surface area contributed by atoms with Crippen LogP contribution in [0.2, 0.25) is 5.02 Å². The minimum atomic E-state index is 0.132. The Balaban J connectivity index is 2.09. The summed E-state index contributed by atoms with van der Waals surface area (Å²) in [6.45, 7) is 0. The van der Waals surface area contributed by atoms with Crippen LogP contribution >= 0.6 is 11.6 Å². The number of aromatic amines is 1. The molecular formula is C12H11ClN6O. The molecule has 0 aliphatic carbocycles. The van der Waals surface area contributed by atoms with E-state index in [2.05, 4.69) is 25.3 Å². The molecule has 1 aromatic carbocycles. The fourth-order valence-corrected chi connectivity index (χ4v) is 2.02. The summed E-state index contributed by atoms with van der Waals surface area (Å²) in [6.07, 6.45) is 1.53. The maximum Gasteiger partial charge on any atom is 0.224 e. The molecule has 0 unspecified atom stereocenters. The number of nitrogens with two attached hydrogens (primary N) is 1. The van der Waals surface area contributed by atoms with E-state index in [1.54, 1.807) is 25.3 Å². The van der Waals surface area contributed by atoms with Crippen molar-refractivity contribution in [3.63, 3.8) is 0 Å². The van der Waals surface area contributed by atoms with E-state index in [-0.39, 0.29) is 5.95 Å². The average Bonchev–Trinajstić information content (AvgIpc) is 2.87. The minimum absolute atomic E-state index is 0.132. The number of benzene rings is 1. The fraction of sp³-hybridized carbons (Fsp3) is 0.0833. The molecular weight excluding hydrogens is 280 g/mol. The highest BCUT2D eigenvalue weighted by molar-refractivity contribution is 6.31. The van der Waals surface area contributed by atoms with Crippen LogP contribution in [-0.2, 0) is 0 Å². The largest absolute Gasteiger partial charge is 0.495 e. The molecule has 0 aliphatic heterocycles. The highest BCUT2D eigenvalue weighted by atomic mass is 35.5. The van der Waals surface area contributed by atoms with Gasteiger partial charge < -0.3 is 20.8 Å². The van der Waals surface area contributed by atoms with Gasteiger partial charge in [-0.25, -0.2) is 4.98 Å². The van der Waals surface area contributed by atoms with Gasteiger partial charge in [0, 0.05) is 5.02 Å². The number of hydrogen-bond acceptors (Lipinski definition) is 6. The van der Waals surface area contributed by atoms with Crippen molar-refractivity contribution in [2.24, 2.45) is 0 Å². The van der Waals surface area contributed by atoms with Crippen molar-refractivity contribution in [2.75, 3.05) is 18.2 Å². The zero-order valence-corrected chi connectivity index (χ0v) is 11.3. The standard InChI is InChI=1S/C12H11ClN6O/c1-20-8-3-2-6(13)4-7(8)17-11-9-10(16-5-15-9)18-12(14)19-11/h2-5H,1H3,(H4,14,15,16,17,18,19). The Morgan fingerprint density at radius 3 is 3.00 bits per heavy atom. The molecule has 2 aromatic heterocycles. The number of anilines is 3. The summed E-state index contributed by atoms with van der Waals surface area (Å²) >= 11 is 6.00. The second kappa shape index (κ2) is 4.86. The van der Waals surface area contributed by atoms with Crippen LogP contribution in [0, 0.1) is 0 Å². The molecule has 8 heteroatoms. The number of H-pyrrole nitrogens is 1. The van der Waals surface area contributed by atoms with E-state index in [0.717, 1.165) is 0 Å². The summed E-state index contributed by atoms with van der Waals surface area (Å²) in [5.74, 6) is 1.28. The molecule has 0 atom stereocenters. The zero-order valence-electron chi connectivity index (χ0n) is 10.5. The quantitative estimate of drug-likeness (QED) is 0.684. The zero-order chi connectivity index (χ0) is 14.1. The third-order valence-electron chi connectivity index (χ3n) is 2.72. The molecule has 0 radical (unpaired) electrons. The molecule has 3 aromatic rings. The number of imidazole rings is 1. The monoisotopic (exact) mass is 290 g/mol. The predicted octanol–water partition coefficient (Wildman–Crippen LogP) is 2.34. The molecule has 102 valence electrons. The summed E-state index contributed by atoms with van der Waals surface area (Å²) in [4.78, 5) is 15.2. The number of nitrogens with one attached hydrogen (secondary N) is 2. The number of nitrogen functional groups attached to an aromatic ring is 1. The Kier molecular flexibility index (Phi) is 3.03. The molecule has 0 spiro atoms. The topological polar surface area (TPSA) is 102 Å². The molecule has 20 heavy (non-hydrogen) atoms. The van der Waals surface area contributed by atoms with Gasteiger partial charge in [-0.05, 0) is 18.2 Å². The number of fused-ring (bicyclic) bond motifs is 1. The van der Waals surface area contributed by atoms with Crippen molar-refractivity contribution in [2.45, 2.75) is 0 Å². The number of hydrogen-bond donors (Lipinski definition) is 3. The SMILES string of the molecule is COc1ccc(Cl)cc1Nc1nc(N)nc2nc[nH]c12. The molecule has 4 N–H and O–H groups in total. The van der Waals surface area contributed by atoms with Crippen molar-refractivity contribution in [1.82, 2.24) is 19.9 Å². The van der Waals surface area contributed by atoms with E-state index in [9.17, 15) is 0 Å². The van der Waals surface area contributed by atoms with Gasteiger partial charge in [-0.2, -0.15) is 9.97 Å². The first-order valence-corrected chi connectivity index (χ1v) is 6.12. The van der Waals surface area contributed by atoms with Crippen molar-refractivity contribution in [3.8, 4) is 5.75 Å². The van der Waals surface area contributed by atoms with E-state index >= 15 is 0 Å². The maximum atomic E-state index is 6.00. The van der Waals surface area contributed by atoms with E-state index in [4.69, 9.17) is 22.1 Å². The minimum Gasteiger partial charge on any atom is -0.495 e. The molecule has 0 aliphatic rings. The molecule has 0 amide bonds. The van der Waals surface area contributed by atoms with E-state index in [1.807, 2.05) is 0 Å². The third-order valence-corrected chi connectivity index (χ3v) is 2.95. The van der Waals surface area contributed by atoms with Gasteiger partial charge in [0.25, 0.3) is 0 Å². The second-order valence-electron chi connectivity index (χ2n) is 4.00. The van der Waals surface area contributed by atoms with Gasteiger partial charge in [-0.3, -0.25) is 0 Å². The normalized spacial score (nSPS) is 10.7. The van der Waals surface area contributed by atoms with Crippen LogP contribution in [-0.4, -0.2) is 27.0 Å². The predicted molar refractivity (Wildman–Crippen MR) is 77.4 cm³/mol. The number of halogens is 1. The Bertz CT molecular complexity index is 772. The smallest absolute Gasteiger partial charge is 0.224 e. The lowest BCUT2D eigenvalue weighted by Gasteiger charge is -2.11. The van der Waals surface area contributed by atoms with Gasteiger partial charge in [-0.15, -0.1) is 0 Å². The molecule has 0 saturated heterocycles.